The molecule has 0 aliphatic rings. The predicted octanol–water partition coefficient (Wildman–Crippen LogP) is 4.37. The Labute approximate surface area is 147 Å². The zero-order valence-corrected chi connectivity index (χ0v) is 14.3. The van der Waals surface area contributed by atoms with Crippen molar-refractivity contribution in [1.82, 2.24) is 5.32 Å². The number of nitrogens with one attached hydrogen (secondary N) is 1. The van der Waals surface area contributed by atoms with E-state index in [0.717, 1.165) is 22.4 Å². The number of alkyl carbamates (subject to hydrolysis) is 1. The molecular weight excluding hydrogens is 326 g/mol. The maximum Gasteiger partial charge on any atom is 0.407 e. The van der Waals surface area contributed by atoms with E-state index in [1.807, 2.05) is 60.7 Å². The van der Waals surface area contributed by atoms with Gasteiger partial charge in [0.15, 0.2) is 0 Å². The van der Waals surface area contributed by atoms with Crippen molar-refractivity contribution < 1.29 is 14.3 Å². The van der Waals surface area contributed by atoms with Crippen LogP contribution >= 0.6 is 11.6 Å². The number of hydrogen-bond donors (Lipinski definition) is 1. The molecule has 24 heavy (non-hydrogen) atoms. The molecule has 0 atom stereocenters. The van der Waals surface area contributed by atoms with Gasteiger partial charge >= 0.3 is 6.09 Å². The quantitative estimate of drug-likeness (QED) is 0.758. The minimum absolute atomic E-state index is 0.222. The van der Waals surface area contributed by atoms with Crippen LogP contribution in [0.15, 0.2) is 54.6 Å². The molecule has 2 aromatic carbocycles. The number of halogens is 1. The third kappa shape index (κ3) is 5.97. The predicted molar refractivity (Wildman–Crippen MR) is 96.2 cm³/mol. The van der Waals surface area contributed by atoms with Crippen molar-refractivity contribution in [2.24, 2.45) is 0 Å². The minimum Gasteiger partial charge on any atom is -0.497 e. The summed E-state index contributed by atoms with van der Waals surface area (Å²) in [4.78, 5) is 11.6. The first-order valence-electron chi connectivity index (χ1n) is 7.56. The summed E-state index contributed by atoms with van der Waals surface area (Å²) in [5.41, 5.74) is 3.03. The first-order chi connectivity index (χ1) is 11.7. The van der Waals surface area contributed by atoms with Crippen LogP contribution in [0.2, 0.25) is 0 Å². The van der Waals surface area contributed by atoms with Crippen LogP contribution in [0.4, 0.5) is 4.79 Å². The molecule has 0 aliphatic carbocycles. The molecule has 2 aromatic rings. The second-order valence-electron chi connectivity index (χ2n) is 5.08. The van der Waals surface area contributed by atoms with Gasteiger partial charge in [0.1, 0.15) is 12.4 Å². The van der Waals surface area contributed by atoms with Crippen molar-refractivity contribution in [3.05, 3.63) is 71.3 Å². The minimum atomic E-state index is -0.451. The number of amides is 1. The largest absolute Gasteiger partial charge is 0.497 e. The summed E-state index contributed by atoms with van der Waals surface area (Å²) in [6.45, 7) is 0.623. The second-order valence-corrected chi connectivity index (χ2v) is 5.35. The monoisotopic (exact) mass is 345 g/mol. The molecule has 0 heterocycles. The third-order valence-electron chi connectivity index (χ3n) is 3.34. The van der Waals surface area contributed by atoms with Crippen molar-refractivity contribution >= 4 is 23.8 Å². The highest BCUT2D eigenvalue weighted by atomic mass is 35.5. The standard InChI is InChI=1S/C19H20ClNO3/c1-23-18-10-8-17(9-11-18)14-24-19(22)21-12-2-3-15-4-6-16(13-20)7-5-15/h2-11H,12-14H2,1H3,(H,21,22). The van der Waals surface area contributed by atoms with Crippen molar-refractivity contribution in [3.63, 3.8) is 0 Å². The summed E-state index contributed by atoms with van der Waals surface area (Å²) in [5.74, 6) is 1.28. The fourth-order valence-corrected chi connectivity index (χ4v) is 2.15. The van der Waals surface area contributed by atoms with Crippen LogP contribution in [0.1, 0.15) is 16.7 Å². The van der Waals surface area contributed by atoms with Gasteiger partial charge in [0, 0.05) is 12.4 Å². The van der Waals surface area contributed by atoms with E-state index >= 15 is 0 Å². The number of methoxy groups -OCH3 is 1. The molecule has 1 N–H and O–H groups in total. The number of hydrogen-bond acceptors (Lipinski definition) is 3. The van der Waals surface area contributed by atoms with Gasteiger partial charge < -0.3 is 14.8 Å². The first kappa shape index (κ1) is 17.9. The summed E-state index contributed by atoms with van der Waals surface area (Å²) in [6.07, 6.45) is 3.35. The van der Waals surface area contributed by atoms with Gasteiger partial charge in [0.25, 0.3) is 0 Å². The number of ether oxygens (including phenoxy) is 2. The molecule has 0 spiro atoms. The van der Waals surface area contributed by atoms with Gasteiger partial charge in [0.05, 0.1) is 7.11 Å². The molecular formula is C19H20ClNO3. The van der Waals surface area contributed by atoms with E-state index in [4.69, 9.17) is 21.1 Å². The number of carbonyl (C=O) groups excluding carboxylic acids is 1. The molecule has 0 fully saturated rings. The van der Waals surface area contributed by atoms with E-state index in [0.29, 0.717) is 12.4 Å². The van der Waals surface area contributed by atoms with Crippen molar-refractivity contribution in [2.45, 2.75) is 12.5 Å². The summed E-state index contributed by atoms with van der Waals surface area (Å²) in [7, 11) is 1.61. The Morgan fingerprint density at radius 1 is 1.08 bits per heavy atom. The van der Waals surface area contributed by atoms with Crippen LogP contribution in [0.25, 0.3) is 6.08 Å². The van der Waals surface area contributed by atoms with Crippen molar-refractivity contribution in [2.75, 3.05) is 13.7 Å². The number of carbonyl (C=O) groups is 1. The maximum atomic E-state index is 11.6. The SMILES string of the molecule is COc1ccc(COC(=O)NCC=Cc2ccc(CCl)cc2)cc1. The van der Waals surface area contributed by atoms with Crippen molar-refractivity contribution in [3.8, 4) is 5.75 Å². The Morgan fingerprint density at radius 3 is 2.38 bits per heavy atom. The molecule has 0 saturated heterocycles. The van der Waals surface area contributed by atoms with E-state index in [1.165, 1.54) is 0 Å². The molecule has 5 heteroatoms. The highest BCUT2D eigenvalue weighted by Gasteiger charge is 2.01. The average Bonchev–Trinajstić information content (AvgIpc) is 2.64. The van der Waals surface area contributed by atoms with Gasteiger partial charge in [-0.2, -0.15) is 0 Å². The Morgan fingerprint density at radius 2 is 1.75 bits per heavy atom. The lowest BCUT2D eigenvalue weighted by atomic mass is 10.1. The second kappa shape index (κ2) is 9.63. The number of rotatable bonds is 7. The third-order valence-corrected chi connectivity index (χ3v) is 3.65. The number of alkyl halides is 1. The molecule has 4 nitrogen and oxygen atoms in total. The topological polar surface area (TPSA) is 47.6 Å². The molecule has 0 aliphatic heterocycles. The van der Waals surface area contributed by atoms with Crippen LogP contribution in [0.5, 0.6) is 5.75 Å². The van der Waals surface area contributed by atoms with E-state index in [9.17, 15) is 4.79 Å². The van der Waals surface area contributed by atoms with Crippen LogP contribution < -0.4 is 10.1 Å². The van der Waals surface area contributed by atoms with E-state index in [2.05, 4.69) is 5.32 Å². The zero-order chi connectivity index (χ0) is 17.2. The lowest BCUT2D eigenvalue weighted by Gasteiger charge is -2.06. The van der Waals surface area contributed by atoms with E-state index in [1.54, 1.807) is 7.11 Å². The Balaban J connectivity index is 1.69. The Hall–Kier alpha value is -2.46. The molecule has 0 saturated carbocycles. The summed E-state index contributed by atoms with van der Waals surface area (Å²) < 4.78 is 10.2. The summed E-state index contributed by atoms with van der Waals surface area (Å²) in [6, 6.07) is 15.3. The average molecular weight is 346 g/mol. The summed E-state index contributed by atoms with van der Waals surface area (Å²) in [5, 5.41) is 2.67. The summed E-state index contributed by atoms with van der Waals surface area (Å²) >= 11 is 5.74. The van der Waals surface area contributed by atoms with E-state index < -0.39 is 6.09 Å². The van der Waals surface area contributed by atoms with Crippen LogP contribution in [-0.2, 0) is 17.2 Å². The van der Waals surface area contributed by atoms with Gasteiger partial charge in [-0.3, -0.25) is 0 Å². The van der Waals surface area contributed by atoms with E-state index in [-0.39, 0.29) is 6.61 Å². The Bertz CT molecular complexity index is 666. The molecule has 126 valence electrons. The van der Waals surface area contributed by atoms with Gasteiger partial charge in [-0.25, -0.2) is 4.79 Å². The highest BCUT2D eigenvalue weighted by molar-refractivity contribution is 6.17. The fourth-order valence-electron chi connectivity index (χ4n) is 1.98. The van der Waals surface area contributed by atoms with Gasteiger partial charge in [-0.1, -0.05) is 48.6 Å². The molecule has 0 aromatic heterocycles. The fraction of sp³-hybridized carbons (Fsp3) is 0.211. The smallest absolute Gasteiger partial charge is 0.407 e. The normalized spacial score (nSPS) is 10.6. The van der Waals surface area contributed by atoms with Crippen LogP contribution in [0, 0.1) is 0 Å². The van der Waals surface area contributed by atoms with Crippen LogP contribution in [0.3, 0.4) is 0 Å². The lowest BCUT2D eigenvalue weighted by Crippen LogP contribution is -2.24. The maximum absolute atomic E-state index is 11.6. The molecule has 1 amide bonds. The van der Waals surface area contributed by atoms with Crippen molar-refractivity contribution in [1.29, 1.82) is 0 Å². The highest BCUT2D eigenvalue weighted by Crippen LogP contribution is 2.12. The Kier molecular flexibility index (Phi) is 7.18. The van der Waals surface area contributed by atoms with Gasteiger partial charge in [0.2, 0.25) is 0 Å². The lowest BCUT2D eigenvalue weighted by molar-refractivity contribution is 0.140. The molecule has 2 rings (SSSR count). The van der Waals surface area contributed by atoms with Gasteiger partial charge in [-0.05, 0) is 28.8 Å². The van der Waals surface area contributed by atoms with Gasteiger partial charge in [-0.15, -0.1) is 11.6 Å². The zero-order valence-electron chi connectivity index (χ0n) is 13.5. The molecule has 0 radical (unpaired) electrons. The molecule has 0 bridgehead atoms. The van der Waals surface area contributed by atoms with Crippen LogP contribution in [-0.4, -0.2) is 19.7 Å². The first-order valence-corrected chi connectivity index (χ1v) is 8.09. The number of benzene rings is 2. The molecule has 0 unspecified atom stereocenters.